The molecule has 0 spiro atoms. The molecule has 0 aromatic heterocycles. The Hall–Kier alpha value is -1.49. The topological polar surface area (TPSA) is 38.8 Å². The van der Waals surface area contributed by atoms with Gasteiger partial charge in [0, 0.05) is 6.54 Å². The lowest BCUT2D eigenvalue weighted by Crippen LogP contribution is -2.28. The average Bonchev–Trinajstić information content (AvgIpc) is 2.82. The summed E-state index contributed by atoms with van der Waals surface area (Å²) < 4.78 is 12.5. The fraction of sp³-hybridized carbons (Fsp3) is 0.333. The van der Waals surface area contributed by atoms with Crippen LogP contribution in [0.2, 0.25) is 0 Å². The van der Waals surface area contributed by atoms with Crippen molar-refractivity contribution in [1.29, 1.82) is 0 Å². The molecule has 1 aromatic rings. The van der Waals surface area contributed by atoms with Crippen LogP contribution in [0.1, 0.15) is 25.8 Å². The monoisotopic (exact) mass is 439 g/mol. The van der Waals surface area contributed by atoms with E-state index in [1.807, 2.05) is 32.1 Å². The number of thioether (sulfide) groups is 1. The van der Waals surface area contributed by atoms with Crippen LogP contribution in [0.25, 0.3) is 6.08 Å². The molecule has 25 heavy (non-hydrogen) atoms. The maximum Gasteiger partial charge on any atom is 0.266 e. The van der Waals surface area contributed by atoms with Gasteiger partial charge in [-0.1, -0.05) is 36.8 Å². The number of hydrogen-bond donors (Lipinski definition) is 0. The highest BCUT2D eigenvalue weighted by atomic mass is 79.9. The van der Waals surface area contributed by atoms with Crippen molar-refractivity contribution >= 4 is 56.2 Å². The SMILES string of the molecule is C#CCOc1c(Br)cc(/C=C2/SC(=S)N(CCC)C2=O)cc1OCC. The number of rotatable bonds is 7. The summed E-state index contributed by atoms with van der Waals surface area (Å²) in [5, 5.41) is 0. The molecule has 0 radical (unpaired) electrons. The second-order valence-corrected chi connectivity index (χ2v) is 7.62. The minimum Gasteiger partial charge on any atom is -0.490 e. The van der Waals surface area contributed by atoms with Gasteiger partial charge in [-0.2, -0.15) is 0 Å². The number of carbonyl (C=O) groups is 1. The van der Waals surface area contributed by atoms with E-state index in [1.54, 1.807) is 4.90 Å². The summed E-state index contributed by atoms with van der Waals surface area (Å²) in [4.78, 5) is 14.7. The van der Waals surface area contributed by atoms with Gasteiger partial charge in [-0.05, 0) is 53.0 Å². The number of ether oxygens (including phenoxy) is 2. The number of halogens is 1. The van der Waals surface area contributed by atoms with Gasteiger partial charge in [-0.15, -0.1) is 6.42 Å². The highest BCUT2D eigenvalue weighted by Crippen LogP contribution is 2.39. The second kappa shape index (κ2) is 9.27. The van der Waals surface area contributed by atoms with E-state index in [4.69, 9.17) is 28.1 Å². The first-order valence-electron chi connectivity index (χ1n) is 7.79. The molecule has 0 N–H and O–H groups in total. The first-order chi connectivity index (χ1) is 12.0. The zero-order chi connectivity index (χ0) is 18.4. The van der Waals surface area contributed by atoms with Gasteiger partial charge in [0.05, 0.1) is 16.0 Å². The molecule has 4 nitrogen and oxygen atoms in total. The van der Waals surface area contributed by atoms with Crippen LogP contribution >= 0.6 is 39.9 Å². The molecule has 0 atom stereocenters. The predicted octanol–water partition coefficient (Wildman–Crippen LogP) is 4.47. The van der Waals surface area contributed by atoms with E-state index in [-0.39, 0.29) is 12.5 Å². The standard InChI is InChI=1S/C18H18BrNO3S2/c1-4-7-20-17(21)15(25-18(20)24)11-12-9-13(19)16(23-8-5-2)14(10-12)22-6-3/h2,9-11H,4,6-8H2,1,3H3/b15-11+. The number of hydrogen-bond acceptors (Lipinski definition) is 5. The zero-order valence-corrected chi connectivity index (χ0v) is 17.2. The van der Waals surface area contributed by atoms with Crippen molar-refractivity contribution in [2.24, 2.45) is 0 Å². The summed E-state index contributed by atoms with van der Waals surface area (Å²) in [6, 6.07) is 3.69. The van der Waals surface area contributed by atoms with E-state index >= 15 is 0 Å². The van der Waals surface area contributed by atoms with Crippen LogP contribution in [0.15, 0.2) is 21.5 Å². The first-order valence-corrected chi connectivity index (χ1v) is 9.81. The van der Waals surface area contributed by atoms with Crippen molar-refractivity contribution < 1.29 is 14.3 Å². The largest absolute Gasteiger partial charge is 0.490 e. The molecule has 1 saturated heterocycles. The zero-order valence-electron chi connectivity index (χ0n) is 14.0. The molecule has 1 fully saturated rings. The van der Waals surface area contributed by atoms with Crippen LogP contribution in [-0.4, -0.2) is 34.9 Å². The molecule has 1 heterocycles. The Morgan fingerprint density at radius 2 is 2.16 bits per heavy atom. The van der Waals surface area contributed by atoms with Crippen molar-refractivity contribution in [3.63, 3.8) is 0 Å². The van der Waals surface area contributed by atoms with Crippen LogP contribution in [-0.2, 0) is 4.79 Å². The van der Waals surface area contributed by atoms with Crippen molar-refractivity contribution in [1.82, 2.24) is 4.90 Å². The van der Waals surface area contributed by atoms with E-state index in [0.29, 0.717) is 38.3 Å². The second-order valence-electron chi connectivity index (χ2n) is 5.09. The maximum atomic E-state index is 12.5. The number of nitrogens with zero attached hydrogens (tertiary/aromatic N) is 1. The van der Waals surface area contributed by atoms with E-state index < -0.39 is 0 Å². The number of amides is 1. The molecule has 0 bridgehead atoms. The summed E-state index contributed by atoms with van der Waals surface area (Å²) in [6.07, 6.45) is 7.93. The van der Waals surface area contributed by atoms with Crippen LogP contribution in [0.3, 0.4) is 0 Å². The van der Waals surface area contributed by atoms with E-state index in [1.165, 1.54) is 11.8 Å². The third-order valence-corrected chi connectivity index (χ3v) is 5.22. The van der Waals surface area contributed by atoms with Gasteiger partial charge in [-0.3, -0.25) is 9.69 Å². The summed E-state index contributed by atoms with van der Waals surface area (Å²) >= 11 is 10.1. The van der Waals surface area contributed by atoms with Crippen LogP contribution in [0, 0.1) is 12.3 Å². The molecule has 132 valence electrons. The lowest BCUT2D eigenvalue weighted by Gasteiger charge is -2.13. The van der Waals surface area contributed by atoms with Gasteiger partial charge in [0.1, 0.15) is 10.9 Å². The lowest BCUT2D eigenvalue weighted by molar-refractivity contribution is -0.122. The van der Waals surface area contributed by atoms with Gasteiger partial charge in [0.15, 0.2) is 11.5 Å². The van der Waals surface area contributed by atoms with Gasteiger partial charge in [0.25, 0.3) is 5.91 Å². The molecule has 1 aliphatic rings. The molecule has 0 unspecified atom stereocenters. The summed E-state index contributed by atoms with van der Waals surface area (Å²) in [6.45, 7) is 5.17. The van der Waals surface area contributed by atoms with Crippen LogP contribution in [0.5, 0.6) is 11.5 Å². The Labute approximate surface area is 166 Å². The fourth-order valence-electron chi connectivity index (χ4n) is 2.26. The highest BCUT2D eigenvalue weighted by molar-refractivity contribution is 9.10. The van der Waals surface area contributed by atoms with E-state index in [2.05, 4.69) is 21.9 Å². The smallest absolute Gasteiger partial charge is 0.266 e. The Balaban J connectivity index is 2.35. The summed E-state index contributed by atoms with van der Waals surface area (Å²) in [5.74, 6) is 3.50. The number of benzene rings is 1. The van der Waals surface area contributed by atoms with Crippen LogP contribution in [0.4, 0.5) is 0 Å². The van der Waals surface area contributed by atoms with Crippen molar-refractivity contribution in [3.05, 3.63) is 27.1 Å². The minimum absolute atomic E-state index is 0.0569. The molecule has 2 rings (SSSR count). The Morgan fingerprint density at radius 1 is 1.40 bits per heavy atom. The van der Waals surface area contributed by atoms with E-state index in [9.17, 15) is 4.79 Å². The number of thiocarbonyl (C=S) groups is 1. The number of carbonyl (C=O) groups excluding carboxylic acids is 1. The van der Waals surface area contributed by atoms with Crippen molar-refractivity contribution in [2.75, 3.05) is 19.8 Å². The van der Waals surface area contributed by atoms with Gasteiger partial charge in [-0.25, -0.2) is 0 Å². The molecular formula is C18H18BrNO3S2. The normalized spacial score (nSPS) is 15.6. The Morgan fingerprint density at radius 3 is 2.80 bits per heavy atom. The van der Waals surface area contributed by atoms with Crippen LogP contribution < -0.4 is 9.47 Å². The summed E-state index contributed by atoms with van der Waals surface area (Å²) in [5.41, 5.74) is 0.820. The molecular weight excluding hydrogens is 422 g/mol. The molecule has 1 aromatic carbocycles. The highest BCUT2D eigenvalue weighted by Gasteiger charge is 2.31. The van der Waals surface area contributed by atoms with Gasteiger partial charge >= 0.3 is 0 Å². The van der Waals surface area contributed by atoms with Gasteiger partial charge in [0.2, 0.25) is 0 Å². The maximum absolute atomic E-state index is 12.5. The van der Waals surface area contributed by atoms with Crippen molar-refractivity contribution in [3.8, 4) is 23.8 Å². The van der Waals surface area contributed by atoms with Crippen molar-refractivity contribution in [2.45, 2.75) is 20.3 Å². The van der Waals surface area contributed by atoms with Gasteiger partial charge < -0.3 is 9.47 Å². The molecule has 7 heteroatoms. The molecule has 0 saturated carbocycles. The quantitative estimate of drug-likeness (QED) is 0.355. The predicted molar refractivity (Wildman–Crippen MR) is 110 cm³/mol. The molecule has 1 aliphatic heterocycles. The Bertz CT molecular complexity index is 755. The Kier molecular flexibility index (Phi) is 7.36. The minimum atomic E-state index is -0.0569. The fourth-order valence-corrected chi connectivity index (χ4v) is 4.14. The van der Waals surface area contributed by atoms with E-state index in [0.717, 1.165) is 12.0 Å². The molecule has 1 amide bonds. The first kappa shape index (κ1) is 19.8. The lowest BCUT2D eigenvalue weighted by atomic mass is 10.2. The average molecular weight is 440 g/mol. The third kappa shape index (κ3) is 4.78. The molecule has 0 aliphatic carbocycles. The third-order valence-electron chi connectivity index (χ3n) is 3.25. The summed E-state index contributed by atoms with van der Waals surface area (Å²) in [7, 11) is 0. The number of terminal acetylenes is 1.